The summed E-state index contributed by atoms with van der Waals surface area (Å²) in [5, 5.41) is 9.28. The maximum Gasteiger partial charge on any atom is 0.0860 e. The summed E-state index contributed by atoms with van der Waals surface area (Å²) < 4.78 is 1.94. The van der Waals surface area contributed by atoms with Gasteiger partial charge in [-0.3, -0.25) is 4.68 Å². The number of rotatable bonds is 5. The summed E-state index contributed by atoms with van der Waals surface area (Å²) in [7, 11) is 0. The van der Waals surface area contributed by atoms with Gasteiger partial charge in [0.1, 0.15) is 0 Å². The lowest BCUT2D eigenvalue weighted by atomic mass is 10.2. The highest BCUT2D eigenvalue weighted by Gasteiger charge is 2.11. The van der Waals surface area contributed by atoms with E-state index in [4.69, 9.17) is 23.2 Å². The molecule has 0 aliphatic rings. The van der Waals surface area contributed by atoms with Crippen LogP contribution in [0.25, 0.3) is 0 Å². The minimum atomic E-state index is 0.705. The topological polar surface area (TPSA) is 29.9 Å². The highest BCUT2D eigenvalue weighted by atomic mass is 35.5. The lowest BCUT2D eigenvalue weighted by Crippen LogP contribution is -2.16. The van der Waals surface area contributed by atoms with E-state index in [9.17, 15) is 0 Å². The lowest BCUT2D eigenvalue weighted by Gasteiger charge is -2.07. The zero-order valence-corrected chi connectivity index (χ0v) is 12.6. The van der Waals surface area contributed by atoms with Crippen molar-refractivity contribution in [2.45, 2.75) is 33.5 Å². The second-order valence-electron chi connectivity index (χ2n) is 4.39. The molecule has 0 atom stereocenters. The average Bonchev–Trinajstić information content (AvgIpc) is 2.68. The number of aryl methyl sites for hydroxylation is 2. The second-order valence-corrected chi connectivity index (χ2v) is 5.21. The van der Waals surface area contributed by atoms with Crippen LogP contribution in [0.5, 0.6) is 0 Å². The summed E-state index contributed by atoms with van der Waals surface area (Å²) in [6, 6.07) is 7.82. The molecule has 0 unspecified atom stereocenters. The van der Waals surface area contributed by atoms with Crippen molar-refractivity contribution in [3.63, 3.8) is 0 Å². The molecular formula is C14H17Cl2N3. The smallest absolute Gasteiger partial charge is 0.0860 e. The summed E-state index contributed by atoms with van der Waals surface area (Å²) in [4.78, 5) is 0. The van der Waals surface area contributed by atoms with Gasteiger partial charge >= 0.3 is 0 Å². The normalized spacial score (nSPS) is 10.9. The van der Waals surface area contributed by atoms with Crippen molar-refractivity contribution in [3.8, 4) is 0 Å². The quantitative estimate of drug-likeness (QED) is 0.909. The largest absolute Gasteiger partial charge is 0.307 e. The Morgan fingerprint density at radius 2 is 1.84 bits per heavy atom. The number of hydrogen-bond donors (Lipinski definition) is 1. The molecule has 0 spiro atoms. The Morgan fingerprint density at radius 1 is 1.16 bits per heavy atom. The molecule has 0 bridgehead atoms. The van der Waals surface area contributed by atoms with E-state index in [1.807, 2.05) is 35.9 Å². The summed E-state index contributed by atoms with van der Waals surface area (Å²) in [5.41, 5.74) is 3.11. The van der Waals surface area contributed by atoms with E-state index >= 15 is 0 Å². The summed E-state index contributed by atoms with van der Waals surface area (Å²) >= 11 is 12.1. The van der Waals surface area contributed by atoms with Crippen LogP contribution in [0.2, 0.25) is 10.0 Å². The highest BCUT2D eigenvalue weighted by molar-refractivity contribution is 6.31. The maximum absolute atomic E-state index is 6.25. The van der Waals surface area contributed by atoms with Gasteiger partial charge in [0.05, 0.1) is 16.4 Å². The first-order chi connectivity index (χ1) is 9.11. The Labute approximate surface area is 123 Å². The minimum Gasteiger partial charge on any atom is -0.307 e. The predicted molar refractivity (Wildman–Crippen MR) is 79.6 cm³/mol. The Hall–Kier alpha value is -1.03. The van der Waals surface area contributed by atoms with E-state index in [-0.39, 0.29) is 0 Å². The van der Waals surface area contributed by atoms with Gasteiger partial charge in [0.15, 0.2) is 0 Å². The zero-order chi connectivity index (χ0) is 13.8. The summed E-state index contributed by atoms with van der Waals surface area (Å²) in [6.45, 7) is 6.30. The molecule has 3 nitrogen and oxygen atoms in total. The standard InChI is InChI=1S/C14H17Cl2N3/c1-3-19-13(14(16)10(2)18-19)9-17-8-11-4-6-12(15)7-5-11/h4-7,17H,3,8-9H2,1-2H3. The van der Waals surface area contributed by atoms with Crippen molar-refractivity contribution in [1.82, 2.24) is 15.1 Å². The van der Waals surface area contributed by atoms with Crippen LogP contribution in [-0.2, 0) is 19.6 Å². The molecule has 19 heavy (non-hydrogen) atoms. The first-order valence-corrected chi connectivity index (χ1v) is 7.04. The molecule has 2 rings (SSSR count). The third-order valence-corrected chi connectivity index (χ3v) is 3.73. The van der Waals surface area contributed by atoms with Gasteiger partial charge in [-0.15, -0.1) is 0 Å². The van der Waals surface area contributed by atoms with Crippen LogP contribution in [-0.4, -0.2) is 9.78 Å². The molecule has 0 fully saturated rings. The first-order valence-electron chi connectivity index (χ1n) is 6.28. The van der Waals surface area contributed by atoms with E-state index in [0.29, 0.717) is 6.54 Å². The third-order valence-electron chi connectivity index (χ3n) is 2.99. The number of benzene rings is 1. The van der Waals surface area contributed by atoms with Gasteiger partial charge in [-0.25, -0.2) is 0 Å². The van der Waals surface area contributed by atoms with Crippen molar-refractivity contribution in [2.24, 2.45) is 0 Å². The number of aromatic nitrogens is 2. The van der Waals surface area contributed by atoms with E-state index in [1.165, 1.54) is 5.56 Å². The summed E-state index contributed by atoms with van der Waals surface area (Å²) in [6.07, 6.45) is 0. The zero-order valence-electron chi connectivity index (χ0n) is 11.1. The molecule has 1 aromatic carbocycles. The molecule has 0 saturated heterocycles. The molecule has 0 aliphatic heterocycles. The molecule has 1 N–H and O–H groups in total. The van der Waals surface area contributed by atoms with Gasteiger partial charge in [0, 0.05) is 24.7 Å². The Kier molecular flexibility index (Phi) is 4.86. The Bertz CT molecular complexity index is 547. The van der Waals surface area contributed by atoms with Crippen molar-refractivity contribution in [2.75, 3.05) is 0 Å². The molecule has 0 aliphatic carbocycles. The van der Waals surface area contributed by atoms with Crippen molar-refractivity contribution in [3.05, 3.63) is 51.3 Å². The van der Waals surface area contributed by atoms with Crippen LogP contribution in [0.3, 0.4) is 0 Å². The van der Waals surface area contributed by atoms with Gasteiger partial charge in [0.2, 0.25) is 0 Å². The van der Waals surface area contributed by atoms with E-state index in [0.717, 1.165) is 34.5 Å². The van der Waals surface area contributed by atoms with Gasteiger partial charge < -0.3 is 5.32 Å². The number of halogens is 2. The molecular weight excluding hydrogens is 281 g/mol. The number of nitrogens with zero attached hydrogens (tertiary/aromatic N) is 2. The van der Waals surface area contributed by atoms with Gasteiger partial charge in [-0.05, 0) is 31.5 Å². The van der Waals surface area contributed by atoms with E-state index in [1.54, 1.807) is 0 Å². The third kappa shape index (κ3) is 3.50. The first kappa shape index (κ1) is 14.4. The Balaban J connectivity index is 1.97. The van der Waals surface area contributed by atoms with Crippen molar-refractivity contribution < 1.29 is 0 Å². The van der Waals surface area contributed by atoms with Crippen LogP contribution >= 0.6 is 23.2 Å². The Morgan fingerprint density at radius 3 is 2.47 bits per heavy atom. The lowest BCUT2D eigenvalue weighted by molar-refractivity contribution is 0.579. The molecule has 1 heterocycles. The van der Waals surface area contributed by atoms with Crippen molar-refractivity contribution >= 4 is 23.2 Å². The van der Waals surface area contributed by atoms with Gasteiger partial charge in [-0.2, -0.15) is 5.10 Å². The van der Waals surface area contributed by atoms with Crippen LogP contribution in [0.1, 0.15) is 23.9 Å². The van der Waals surface area contributed by atoms with Gasteiger partial charge in [-0.1, -0.05) is 35.3 Å². The molecule has 0 amide bonds. The number of hydrogen-bond acceptors (Lipinski definition) is 2. The van der Waals surface area contributed by atoms with E-state index < -0.39 is 0 Å². The fraction of sp³-hybridized carbons (Fsp3) is 0.357. The van der Waals surface area contributed by atoms with E-state index in [2.05, 4.69) is 17.3 Å². The molecule has 5 heteroatoms. The van der Waals surface area contributed by atoms with Crippen LogP contribution in [0.4, 0.5) is 0 Å². The minimum absolute atomic E-state index is 0.705. The predicted octanol–water partition coefficient (Wildman–Crippen LogP) is 3.81. The fourth-order valence-electron chi connectivity index (χ4n) is 1.97. The second kappa shape index (κ2) is 6.42. The molecule has 2 aromatic rings. The molecule has 102 valence electrons. The van der Waals surface area contributed by atoms with Gasteiger partial charge in [0.25, 0.3) is 0 Å². The SMILES string of the molecule is CCn1nc(C)c(Cl)c1CNCc1ccc(Cl)cc1. The highest BCUT2D eigenvalue weighted by Crippen LogP contribution is 2.20. The van der Waals surface area contributed by atoms with Crippen LogP contribution < -0.4 is 5.32 Å². The van der Waals surface area contributed by atoms with Crippen LogP contribution in [0.15, 0.2) is 24.3 Å². The monoisotopic (exact) mass is 297 g/mol. The maximum atomic E-state index is 6.25. The molecule has 0 radical (unpaired) electrons. The van der Waals surface area contributed by atoms with Crippen LogP contribution in [0, 0.1) is 6.92 Å². The molecule has 1 aromatic heterocycles. The number of nitrogens with one attached hydrogen (secondary N) is 1. The molecule has 0 saturated carbocycles. The fourth-order valence-corrected chi connectivity index (χ4v) is 2.29. The summed E-state index contributed by atoms with van der Waals surface area (Å²) in [5.74, 6) is 0. The van der Waals surface area contributed by atoms with Crippen molar-refractivity contribution in [1.29, 1.82) is 0 Å². The average molecular weight is 298 g/mol.